The number of esters is 1. The zero-order chi connectivity index (χ0) is 13.2. The number of carbonyl (C=O) groups is 1. The first kappa shape index (κ1) is 15.2. The molecule has 1 aromatic rings. The molecule has 18 heavy (non-hydrogen) atoms. The molecule has 0 saturated carbocycles. The molecule has 0 aromatic heterocycles. The van der Waals surface area contributed by atoms with Crippen molar-refractivity contribution in [1.82, 2.24) is 0 Å². The van der Waals surface area contributed by atoms with E-state index in [1.165, 1.54) is 25.7 Å². The molecule has 100 valence electrons. The average Bonchev–Trinajstić information content (AvgIpc) is 2.37. The quantitative estimate of drug-likeness (QED) is 0.500. The summed E-state index contributed by atoms with van der Waals surface area (Å²) in [7, 11) is 0. The summed E-state index contributed by atoms with van der Waals surface area (Å²) >= 11 is 3.34. The first-order valence-corrected chi connectivity index (χ1v) is 7.46. The van der Waals surface area contributed by atoms with E-state index in [9.17, 15) is 4.79 Å². The maximum absolute atomic E-state index is 11.7. The third-order valence-electron chi connectivity index (χ3n) is 2.79. The maximum Gasteiger partial charge on any atom is 0.338 e. The van der Waals surface area contributed by atoms with Gasteiger partial charge < -0.3 is 4.74 Å². The van der Waals surface area contributed by atoms with Crippen molar-refractivity contribution in [2.45, 2.75) is 45.4 Å². The smallest absolute Gasteiger partial charge is 0.338 e. The van der Waals surface area contributed by atoms with E-state index in [2.05, 4.69) is 22.9 Å². The molecule has 3 heteroatoms. The van der Waals surface area contributed by atoms with Crippen molar-refractivity contribution in [3.8, 4) is 0 Å². The summed E-state index contributed by atoms with van der Waals surface area (Å²) in [5.41, 5.74) is 0.607. The van der Waals surface area contributed by atoms with Gasteiger partial charge in [-0.25, -0.2) is 4.79 Å². The zero-order valence-electron chi connectivity index (χ0n) is 11.0. The van der Waals surface area contributed by atoms with Crippen LogP contribution in [-0.2, 0) is 4.74 Å². The van der Waals surface area contributed by atoms with Crippen LogP contribution in [0, 0.1) is 0 Å². The van der Waals surface area contributed by atoms with Crippen LogP contribution in [0.1, 0.15) is 55.8 Å². The molecule has 0 aliphatic rings. The van der Waals surface area contributed by atoms with Gasteiger partial charge in [0.05, 0.1) is 12.2 Å². The Morgan fingerprint density at radius 1 is 1.17 bits per heavy atom. The van der Waals surface area contributed by atoms with Crippen LogP contribution < -0.4 is 0 Å². The van der Waals surface area contributed by atoms with Gasteiger partial charge in [0.15, 0.2) is 0 Å². The van der Waals surface area contributed by atoms with E-state index < -0.39 is 0 Å². The van der Waals surface area contributed by atoms with Crippen LogP contribution in [0.5, 0.6) is 0 Å². The van der Waals surface area contributed by atoms with E-state index in [-0.39, 0.29) is 5.97 Å². The normalized spacial score (nSPS) is 10.3. The van der Waals surface area contributed by atoms with Crippen LogP contribution in [0.2, 0.25) is 0 Å². The van der Waals surface area contributed by atoms with Crippen LogP contribution in [0.3, 0.4) is 0 Å². The molecule has 0 radical (unpaired) electrons. The number of unbranched alkanes of at least 4 members (excludes halogenated alkanes) is 5. The van der Waals surface area contributed by atoms with Crippen LogP contribution in [0.15, 0.2) is 28.7 Å². The van der Waals surface area contributed by atoms with Crippen molar-refractivity contribution < 1.29 is 9.53 Å². The number of rotatable bonds is 8. The van der Waals surface area contributed by atoms with E-state index in [1.54, 1.807) is 12.1 Å². The lowest BCUT2D eigenvalue weighted by Crippen LogP contribution is -2.06. The zero-order valence-corrected chi connectivity index (χ0v) is 12.5. The summed E-state index contributed by atoms with van der Waals surface area (Å²) in [6.07, 6.45) is 7.20. The number of hydrogen-bond acceptors (Lipinski definition) is 2. The highest BCUT2D eigenvalue weighted by atomic mass is 79.9. The van der Waals surface area contributed by atoms with Gasteiger partial charge in [-0.05, 0) is 24.6 Å². The van der Waals surface area contributed by atoms with Gasteiger partial charge in [-0.3, -0.25) is 0 Å². The second-order valence-electron chi connectivity index (χ2n) is 4.41. The molecule has 2 nitrogen and oxygen atoms in total. The molecule has 0 fully saturated rings. The Labute approximate surface area is 118 Å². The van der Waals surface area contributed by atoms with Gasteiger partial charge in [0.1, 0.15) is 0 Å². The number of benzene rings is 1. The second kappa shape index (κ2) is 9.15. The minimum atomic E-state index is -0.232. The molecule has 0 heterocycles. The summed E-state index contributed by atoms with van der Waals surface area (Å²) in [5.74, 6) is -0.232. The highest BCUT2D eigenvalue weighted by Gasteiger charge is 2.06. The molecule has 0 bridgehead atoms. The third-order valence-corrected chi connectivity index (χ3v) is 3.28. The lowest BCUT2D eigenvalue weighted by molar-refractivity contribution is 0.0497. The van der Waals surface area contributed by atoms with Gasteiger partial charge in [0.25, 0.3) is 0 Å². The van der Waals surface area contributed by atoms with Gasteiger partial charge in [-0.2, -0.15) is 0 Å². The Kier molecular flexibility index (Phi) is 7.74. The van der Waals surface area contributed by atoms with Crippen molar-refractivity contribution in [3.63, 3.8) is 0 Å². The van der Waals surface area contributed by atoms with Gasteiger partial charge in [0, 0.05) is 4.47 Å². The molecule has 0 spiro atoms. The number of ether oxygens (including phenoxy) is 1. The summed E-state index contributed by atoms with van der Waals surface area (Å²) < 4.78 is 6.13. The van der Waals surface area contributed by atoms with Gasteiger partial charge in [-0.15, -0.1) is 0 Å². The SMILES string of the molecule is CCCCCCCCOC(=O)c1cccc(Br)c1. The Morgan fingerprint density at radius 3 is 2.61 bits per heavy atom. The monoisotopic (exact) mass is 312 g/mol. The third kappa shape index (κ3) is 6.20. The Hall–Kier alpha value is -0.830. The van der Waals surface area contributed by atoms with Crippen molar-refractivity contribution in [1.29, 1.82) is 0 Å². The van der Waals surface area contributed by atoms with E-state index >= 15 is 0 Å². The van der Waals surface area contributed by atoms with Crippen molar-refractivity contribution >= 4 is 21.9 Å². The molecule has 0 unspecified atom stereocenters. The van der Waals surface area contributed by atoms with E-state index in [4.69, 9.17) is 4.74 Å². The average molecular weight is 313 g/mol. The highest BCUT2D eigenvalue weighted by molar-refractivity contribution is 9.10. The lowest BCUT2D eigenvalue weighted by Gasteiger charge is -2.05. The van der Waals surface area contributed by atoms with Gasteiger partial charge in [0.2, 0.25) is 0 Å². The van der Waals surface area contributed by atoms with Crippen LogP contribution in [-0.4, -0.2) is 12.6 Å². The fraction of sp³-hybridized carbons (Fsp3) is 0.533. The van der Waals surface area contributed by atoms with Crippen LogP contribution in [0.4, 0.5) is 0 Å². The second-order valence-corrected chi connectivity index (χ2v) is 5.33. The fourth-order valence-corrected chi connectivity index (χ4v) is 2.15. The van der Waals surface area contributed by atoms with E-state index in [0.29, 0.717) is 12.2 Å². The van der Waals surface area contributed by atoms with E-state index in [0.717, 1.165) is 17.3 Å². The van der Waals surface area contributed by atoms with E-state index in [1.807, 2.05) is 12.1 Å². The summed E-state index contributed by atoms with van der Waals surface area (Å²) in [4.78, 5) is 11.7. The van der Waals surface area contributed by atoms with Crippen LogP contribution >= 0.6 is 15.9 Å². The fourth-order valence-electron chi connectivity index (χ4n) is 1.75. The predicted octanol–water partition coefficient (Wildman–Crippen LogP) is 4.97. The number of hydrogen-bond donors (Lipinski definition) is 0. The van der Waals surface area contributed by atoms with Crippen molar-refractivity contribution in [3.05, 3.63) is 34.3 Å². The molecule has 0 amide bonds. The Bertz CT molecular complexity index is 363. The molecule has 0 N–H and O–H groups in total. The summed E-state index contributed by atoms with van der Waals surface area (Å²) in [5, 5.41) is 0. The molecule has 0 atom stereocenters. The number of halogens is 1. The molecular weight excluding hydrogens is 292 g/mol. The molecule has 0 aliphatic carbocycles. The Morgan fingerprint density at radius 2 is 1.89 bits per heavy atom. The molecule has 1 aromatic carbocycles. The minimum Gasteiger partial charge on any atom is -0.462 e. The summed E-state index contributed by atoms with van der Waals surface area (Å²) in [6.45, 7) is 2.73. The minimum absolute atomic E-state index is 0.232. The standard InChI is InChI=1S/C15H21BrO2/c1-2-3-4-5-6-7-11-18-15(17)13-9-8-10-14(16)12-13/h8-10,12H,2-7,11H2,1H3. The molecule has 1 rings (SSSR count). The first-order valence-electron chi connectivity index (χ1n) is 6.66. The highest BCUT2D eigenvalue weighted by Crippen LogP contribution is 2.13. The maximum atomic E-state index is 11.7. The molecule has 0 aliphatic heterocycles. The van der Waals surface area contributed by atoms with Crippen molar-refractivity contribution in [2.75, 3.05) is 6.61 Å². The lowest BCUT2D eigenvalue weighted by atomic mass is 10.1. The predicted molar refractivity (Wildman–Crippen MR) is 77.8 cm³/mol. The van der Waals surface area contributed by atoms with Gasteiger partial charge in [-0.1, -0.05) is 61.0 Å². The molecule has 0 saturated heterocycles. The first-order chi connectivity index (χ1) is 8.74. The van der Waals surface area contributed by atoms with Crippen LogP contribution in [0.25, 0.3) is 0 Å². The summed E-state index contributed by atoms with van der Waals surface area (Å²) in [6, 6.07) is 7.29. The van der Waals surface area contributed by atoms with Gasteiger partial charge >= 0.3 is 5.97 Å². The molecular formula is C15H21BrO2. The largest absolute Gasteiger partial charge is 0.462 e. The number of carbonyl (C=O) groups excluding carboxylic acids is 1. The van der Waals surface area contributed by atoms with Crippen molar-refractivity contribution in [2.24, 2.45) is 0 Å². The topological polar surface area (TPSA) is 26.3 Å². The Balaban J connectivity index is 2.14.